The molecule has 1 aliphatic carbocycles. The molecule has 0 spiro atoms. The normalized spacial score (nSPS) is 27.2. The predicted octanol–water partition coefficient (Wildman–Crippen LogP) is 2.68. The summed E-state index contributed by atoms with van der Waals surface area (Å²) < 4.78 is 0. The molecule has 1 saturated heterocycles. The molecule has 2 rings (SSSR count). The van der Waals surface area contributed by atoms with Crippen molar-refractivity contribution in [1.29, 1.82) is 0 Å². The molecule has 1 heterocycles. The van der Waals surface area contributed by atoms with Gasteiger partial charge in [0.1, 0.15) is 0 Å². The van der Waals surface area contributed by atoms with Gasteiger partial charge in [0.05, 0.1) is 0 Å². The van der Waals surface area contributed by atoms with Gasteiger partial charge in [0, 0.05) is 32.2 Å². The average molecular weight is 234 g/mol. The van der Waals surface area contributed by atoms with Gasteiger partial charge >= 0.3 is 0 Å². The lowest BCUT2D eigenvalue weighted by Crippen LogP contribution is -2.50. The summed E-state index contributed by atoms with van der Waals surface area (Å²) in [6.45, 7) is 10.8. The lowest BCUT2D eigenvalue weighted by atomic mass is 10.0. The third-order valence-electron chi connectivity index (χ3n) is 3.97. The van der Waals surface area contributed by atoms with Gasteiger partial charge in [-0.25, -0.2) is 0 Å². The van der Waals surface area contributed by atoms with Crippen molar-refractivity contribution in [2.24, 2.45) is 0 Å². The summed E-state index contributed by atoms with van der Waals surface area (Å²) in [6, 6.07) is 0.659. The predicted molar refractivity (Wildman–Crippen MR) is 74.2 cm³/mol. The van der Waals surface area contributed by atoms with Crippen molar-refractivity contribution < 1.29 is 0 Å². The molecule has 1 unspecified atom stereocenters. The van der Waals surface area contributed by atoms with Crippen LogP contribution in [0.15, 0.2) is 23.8 Å². The van der Waals surface area contributed by atoms with Crippen molar-refractivity contribution in [3.63, 3.8) is 0 Å². The number of hydrogen-bond acceptors (Lipinski definition) is 2. The van der Waals surface area contributed by atoms with Crippen molar-refractivity contribution >= 4 is 0 Å². The maximum atomic E-state index is 2.64. The first-order valence-electron chi connectivity index (χ1n) is 7.11. The Bertz CT molecular complexity index is 285. The zero-order valence-corrected chi connectivity index (χ0v) is 11.4. The molecule has 96 valence electrons. The lowest BCUT2D eigenvalue weighted by Gasteiger charge is -2.38. The molecule has 0 N–H and O–H groups in total. The van der Waals surface area contributed by atoms with E-state index in [2.05, 4.69) is 41.9 Å². The maximum absolute atomic E-state index is 2.64. The molecule has 17 heavy (non-hydrogen) atoms. The van der Waals surface area contributed by atoms with E-state index in [1.54, 1.807) is 0 Å². The number of unbranched alkanes of at least 4 members (excludes halogenated alkanes) is 1. The van der Waals surface area contributed by atoms with E-state index >= 15 is 0 Å². The molecule has 2 heteroatoms. The molecule has 1 aliphatic heterocycles. The smallest absolute Gasteiger partial charge is 0.0317 e. The van der Waals surface area contributed by atoms with E-state index in [-0.39, 0.29) is 0 Å². The minimum absolute atomic E-state index is 0.659. The second-order valence-corrected chi connectivity index (χ2v) is 5.34. The molecule has 1 fully saturated rings. The Kier molecular flexibility index (Phi) is 4.81. The van der Waals surface area contributed by atoms with E-state index < -0.39 is 0 Å². The second kappa shape index (κ2) is 6.36. The first-order valence-corrected chi connectivity index (χ1v) is 7.11. The Labute approximate surface area is 106 Å². The molecule has 0 aromatic rings. The minimum Gasteiger partial charge on any atom is -0.301 e. The van der Waals surface area contributed by atoms with E-state index in [4.69, 9.17) is 0 Å². The summed E-state index contributed by atoms with van der Waals surface area (Å²) in [7, 11) is 0. The molecular weight excluding hydrogens is 208 g/mol. The summed E-state index contributed by atoms with van der Waals surface area (Å²) in [5, 5.41) is 0. The Morgan fingerprint density at radius 3 is 2.59 bits per heavy atom. The van der Waals surface area contributed by atoms with Crippen LogP contribution < -0.4 is 0 Å². The van der Waals surface area contributed by atoms with Crippen LogP contribution in [0, 0.1) is 0 Å². The molecule has 1 atom stereocenters. The highest BCUT2D eigenvalue weighted by Gasteiger charge is 2.22. The molecule has 2 aliphatic rings. The summed E-state index contributed by atoms with van der Waals surface area (Å²) >= 11 is 0. The van der Waals surface area contributed by atoms with Gasteiger partial charge in [-0.15, -0.1) is 0 Å². The van der Waals surface area contributed by atoms with Crippen molar-refractivity contribution in [1.82, 2.24) is 9.80 Å². The standard InChI is InChI=1S/C15H26N2/c1-3-4-9-16-10-12-17(13-11-16)15-7-5-14(2)6-8-15/h5-7,15H,3-4,8-13H2,1-2H3. The number of allylic oxidation sites excluding steroid dienone is 2. The van der Waals surface area contributed by atoms with Crippen LogP contribution in [0.4, 0.5) is 0 Å². The van der Waals surface area contributed by atoms with Crippen LogP contribution >= 0.6 is 0 Å². The summed E-state index contributed by atoms with van der Waals surface area (Å²) in [5.41, 5.74) is 1.42. The Morgan fingerprint density at radius 2 is 2.00 bits per heavy atom. The van der Waals surface area contributed by atoms with E-state index in [0.717, 1.165) is 0 Å². The van der Waals surface area contributed by atoms with Gasteiger partial charge in [0.15, 0.2) is 0 Å². The fraction of sp³-hybridized carbons (Fsp3) is 0.733. The number of piperazine rings is 1. The lowest BCUT2D eigenvalue weighted by molar-refractivity contribution is 0.111. The first-order chi connectivity index (χ1) is 8.29. The monoisotopic (exact) mass is 234 g/mol. The highest BCUT2D eigenvalue weighted by molar-refractivity contribution is 5.23. The van der Waals surface area contributed by atoms with Crippen LogP contribution in [0.3, 0.4) is 0 Å². The van der Waals surface area contributed by atoms with Crippen molar-refractivity contribution in [2.45, 2.75) is 39.2 Å². The fourth-order valence-corrected chi connectivity index (χ4v) is 2.69. The zero-order chi connectivity index (χ0) is 12.1. The van der Waals surface area contributed by atoms with Gasteiger partial charge in [-0.05, 0) is 26.3 Å². The van der Waals surface area contributed by atoms with Crippen LogP contribution in [-0.4, -0.2) is 48.6 Å². The van der Waals surface area contributed by atoms with Crippen LogP contribution in [0.25, 0.3) is 0 Å². The van der Waals surface area contributed by atoms with Crippen LogP contribution in [0.5, 0.6) is 0 Å². The van der Waals surface area contributed by atoms with E-state index in [1.807, 2.05) is 0 Å². The van der Waals surface area contributed by atoms with Gasteiger partial charge in [-0.1, -0.05) is 37.1 Å². The minimum atomic E-state index is 0.659. The topological polar surface area (TPSA) is 6.48 Å². The van der Waals surface area contributed by atoms with Crippen molar-refractivity contribution in [3.05, 3.63) is 23.8 Å². The Morgan fingerprint density at radius 1 is 1.24 bits per heavy atom. The van der Waals surface area contributed by atoms with Gasteiger partial charge < -0.3 is 4.90 Å². The van der Waals surface area contributed by atoms with Gasteiger partial charge in [0.25, 0.3) is 0 Å². The van der Waals surface area contributed by atoms with E-state index in [9.17, 15) is 0 Å². The van der Waals surface area contributed by atoms with Crippen LogP contribution in [0.2, 0.25) is 0 Å². The van der Waals surface area contributed by atoms with Gasteiger partial charge in [0.2, 0.25) is 0 Å². The zero-order valence-electron chi connectivity index (χ0n) is 11.4. The third kappa shape index (κ3) is 3.68. The number of hydrogen-bond donors (Lipinski definition) is 0. The molecule has 0 saturated carbocycles. The molecule has 0 aromatic heterocycles. The summed E-state index contributed by atoms with van der Waals surface area (Å²) in [6.07, 6.45) is 10.9. The van der Waals surface area contributed by atoms with Crippen molar-refractivity contribution in [2.75, 3.05) is 32.7 Å². The molecule has 0 amide bonds. The molecular formula is C15H26N2. The summed E-state index contributed by atoms with van der Waals surface area (Å²) in [5.74, 6) is 0. The first kappa shape index (κ1) is 12.8. The van der Waals surface area contributed by atoms with Crippen LogP contribution in [0.1, 0.15) is 33.1 Å². The van der Waals surface area contributed by atoms with E-state index in [1.165, 1.54) is 57.6 Å². The Hall–Kier alpha value is -0.600. The summed E-state index contributed by atoms with van der Waals surface area (Å²) in [4.78, 5) is 5.26. The molecule has 0 aromatic carbocycles. The molecule has 0 bridgehead atoms. The van der Waals surface area contributed by atoms with Gasteiger partial charge in [-0.3, -0.25) is 4.90 Å². The molecule has 2 nitrogen and oxygen atoms in total. The average Bonchev–Trinajstić information content (AvgIpc) is 2.38. The second-order valence-electron chi connectivity index (χ2n) is 5.34. The number of nitrogens with zero attached hydrogens (tertiary/aromatic N) is 2. The van der Waals surface area contributed by atoms with Crippen molar-refractivity contribution in [3.8, 4) is 0 Å². The maximum Gasteiger partial charge on any atom is 0.0317 e. The Balaban J connectivity index is 1.74. The fourth-order valence-electron chi connectivity index (χ4n) is 2.69. The van der Waals surface area contributed by atoms with E-state index in [0.29, 0.717) is 6.04 Å². The van der Waals surface area contributed by atoms with Gasteiger partial charge in [-0.2, -0.15) is 0 Å². The van der Waals surface area contributed by atoms with Crippen LogP contribution in [-0.2, 0) is 0 Å². The third-order valence-corrected chi connectivity index (χ3v) is 3.97. The SMILES string of the molecule is CCCCN1CCN(C2C=CC(C)=CC2)CC1. The molecule has 0 radical (unpaired) electrons. The number of rotatable bonds is 4. The highest BCUT2D eigenvalue weighted by atomic mass is 15.3. The quantitative estimate of drug-likeness (QED) is 0.738. The largest absolute Gasteiger partial charge is 0.301 e. The highest BCUT2D eigenvalue weighted by Crippen LogP contribution is 2.17.